The van der Waals surface area contributed by atoms with Crippen LogP contribution in [0.15, 0.2) is 60.9 Å². The molecule has 0 aliphatic rings. The zero-order valence-corrected chi connectivity index (χ0v) is 16.3. The molecule has 4 aromatic rings. The number of nitrogens with zero attached hydrogens (tertiary/aromatic N) is 2. The predicted octanol–water partition coefficient (Wildman–Crippen LogP) is 6.92. The third-order valence-electron chi connectivity index (χ3n) is 4.94. The Morgan fingerprint density at radius 2 is 1.85 bits per heavy atom. The molecule has 0 saturated carbocycles. The highest BCUT2D eigenvalue weighted by molar-refractivity contribution is 6.34. The molecule has 0 spiro atoms. The first-order valence-electron chi connectivity index (χ1n) is 8.98. The van der Waals surface area contributed by atoms with Crippen LogP contribution < -0.4 is 0 Å². The Labute approximate surface area is 163 Å². The first kappa shape index (κ1) is 17.7. The standard InChI is InChI=1S/C23H20ClFN2/c1-14(2)16-8-10-21-20(12-16)26-13-27(21)18-6-4-5-17(11-18)22-19(25)9-7-15(3)23(22)24/h4-14H,1-3H3. The molecule has 0 fully saturated rings. The number of imidazole rings is 1. The molecule has 0 unspecified atom stereocenters. The number of rotatable bonds is 3. The summed E-state index contributed by atoms with van der Waals surface area (Å²) < 4.78 is 16.5. The molecule has 2 nitrogen and oxygen atoms in total. The van der Waals surface area contributed by atoms with Gasteiger partial charge in [0.25, 0.3) is 0 Å². The fourth-order valence-corrected chi connectivity index (χ4v) is 3.59. The van der Waals surface area contributed by atoms with Crippen LogP contribution in [0.1, 0.15) is 30.9 Å². The Bertz CT molecular complexity index is 1140. The monoisotopic (exact) mass is 378 g/mol. The molecule has 4 rings (SSSR count). The molecule has 4 heteroatoms. The lowest BCUT2D eigenvalue weighted by Crippen LogP contribution is -1.95. The van der Waals surface area contributed by atoms with Gasteiger partial charge in [0.05, 0.1) is 16.1 Å². The van der Waals surface area contributed by atoms with Crippen molar-refractivity contribution in [2.24, 2.45) is 0 Å². The molecule has 3 aromatic carbocycles. The van der Waals surface area contributed by atoms with Crippen LogP contribution in [0.4, 0.5) is 4.39 Å². The summed E-state index contributed by atoms with van der Waals surface area (Å²) in [6.45, 7) is 6.22. The van der Waals surface area contributed by atoms with Crippen LogP contribution in [-0.4, -0.2) is 9.55 Å². The Morgan fingerprint density at radius 3 is 2.63 bits per heavy atom. The largest absolute Gasteiger partial charge is 0.299 e. The van der Waals surface area contributed by atoms with Crippen molar-refractivity contribution in [3.05, 3.63) is 82.9 Å². The molecular weight excluding hydrogens is 359 g/mol. The average Bonchev–Trinajstić information content (AvgIpc) is 3.08. The van der Waals surface area contributed by atoms with E-state index in [4.69, 9.17) is 11.6 Å². The normalized spacial score (nSPS) is 11.5. The number of halogens is 2. The van der Waals surface area contributed by atoms with E-state index in [1.54, 1.807) is 6.07 Å². The van der Waals surface area contributed by atoms with E-state index >= 15 is 0 Å². The van der Waals surface area contributed by atoms with Gasteiger partial charge >= 0.3 is 0 Å². The Morgan fingerprint density at radius 1 is 1.04 bits per heavy atom. The van der Waals surface area contributed by atoms with Crippen LogP contribution in [0, 0.1) is 12.7 Å². The van der Waals surface area contributed by atoms with Crippen molar-refractivity contribution in [3.8, 4) is 16.8 Å². The van der Waals surface area contributed by atoms with Gasteiger partial charge in [0.2, 0.25) is 0 Å². The van der Waals surface area contributed by atoms with Crippen LogP contribution in [0.25, 0.3) is 27.8 Å². The van der Waals surface area contributed by atoms with Gasteiger partial charge in [-0.25, -0.2) is 9.37 Å². The minimum absolute atomic E-state index is 0.320. The van der Waals surface area contributed by atoms with Gasteiger partial charge < -0.3 is 0 Å². The first-order valence-corrected chi connectivity index (χ1v) is 9.36. The minimum Gasteiger partial charge on any atom is -0.299 e. The quantitative estimate of drug-likeness (QED) is 0.378. The highest BCUT2D eigenvalue weighted by Gasteiger charge is 2.14. The summed E-state index contributed by atoms with van der Waals surface area (Å²) in [5.41, 5.74) is 6.19. The number of hydrogen-bond donors (Lipinski definition) is 0. The maximum atomic E-state index is 14.5. The fourth-order valence-electron chi connectivity index (χ4n) is 3.33. The van der Waals surface area contributed by atoms with Gasteiger partial charge in [-0.15, -0.1) is 0 Å². The Hall–Kier alpha value is -2.65. The zero-order valence-electron chi connectivity index (χ0n) is 15.5. The Kier molecular flexibility index (Phi) is 4.48. The number of benzene rings is 3. The summed E-state index contributed by atoms with van der Waals surface area (Å²) in [4.78, 5) is 4.55. The highest BCUT2D eigenvalue weighted by Crippen LogP contribution is 2.34. The van der Waals surface area contributed by atoms with E-state index in [2.05, 4.69) is 37.0 Å². The molecule has 0 amide bonds. The van der Waals surface area contributed by atoms with Gasteiger partial charge in [0.15, 0.2) is 0 Å². The van der Waals surface area contributed by atoms with Crippen LogP contribution in [0.2, 0.25) is 5.02 Å². The second-order valence-corrected chi connectivity index (χ2v) is 7.50. The van der Waals surface area contributed by atoms with E-state index in [1.807, 2.05) is 42.1 Å². The molecule has 0 atom stereocenters. The predicted molar refractivity (Wildman–Crippen MR) is 110 cm³/mol. The molecule has 0 aliphatic carbocycles. The van der Waals surface area contributed by atoms with Crippen LogP contribution in [-0.2, 0) is 0 Å². The van der Waals surface area contributed by atoms with E-state index in [9.17, 15) is 4.39 Å². The second kappa shape index (κ2) is 6.82. The molecule has 0 radical (unpaired) electrons. The molecule has 1 heterocycles. The molecule has 0 N–H and O–H groups in total. The van der Waals surface area contributed by atoms with Crippen molar-refractivity contribution >= 4 is 22.6 Å². The topological polar surface area (TPSA) is 17.8 Å². The average molecular weight is 379 g/mol. The lowest BCUT2D eigenvalue weighted by molar-refractivity contribution is 0.631. The number of aromatic nitrogens is 2. The number of hydrogen-bond acceptors (Lipinski definition) is 1. The minimum atomic E-state index is -0.320. The van der Waals surface area contributed by atoms with Crippen molar-refractivity contribution in [3.63, 3.8) is 0 Å². The third kappa shape index (κ3) is 3.13. The Balaban J connectivity index is 1.85. The van der Waals surface area contributed by atoms with Gasteiger partial charge in [-0.05, 0) is 59.9 Å². The maximum Gasteiger partial charge on any atom is 0.132 e. The summed E-state index contributed by atoms with van der Waals surface area (Å²) in [6.07, 6.45) is 1.81. The molecular formula is C23H20ClFN2. The third-order valence-corrected chi connectivity index (χ3v) is 5.42. The highest BCUT2D eigenvalue weighted by atomic mass is 35.5. The van der Waals surface area contributed by atoms with E-state index < -0.39 is 0 Å². The summed E-state index contributed by atoms with van der Waals surface area (Å²) in [5, 5.41) is 0.448. The molecule has 0 saturated heterocycles. The van der Waals surface area contributed by atoms with Crippen LogP contribution in [0.3, 0.4) is 0 Å². The lowest BCUT2D eigenvalue weighted by atomic mass is 10.0. The van der Waals surface area contributed by atoms with E-state index in [0.29, 0.717) is 16.5 Å². The molecule has 0 aliphatic heterocycles. The zero-order chi connectivity index (χ0) is 19.1. The fraction of sp³-hybridized carbons (Fsp3) is 0.174. The van der Waals surface area contributed by atoms with E-state index in [-0.39, 0.29) is 5.82 Å². The van der Waals surface area contributed by atoms with Crippen molar-refractivity contribution in [1.29, 1.82) is 0 Å². The van der Waals surface area contributed by atoms with E-state index in [0.717, 1.165) is 27.8 Å². The SMILES string of the molecule is Cc1ccc(F)c(-c2cccc(-n3cnc4cc(C(C)C)ccc43)c2)c1Cl. The first-order chi connectivity index (χ1) is 13.0. The van der Waals surface area contributed by atoms with Crippen molar-refractivity contribution in [1.82, 2.24) is 9.55 Å². The summed E-state index contributed by atoms with van der Waals surface area (Å²) in [5.74, 6) is 0.133. The number of fused-ring (bicyclic) bond motifs is 1. The molecule has 27 heavy (non-hydrogen) atoms. The van der Waals surface area contributed by atoms with Gasteiger partial charge in [-0.3, -0.25) is 4.57 Å². The molecule has 0 bridgehead atoms. The maximum absolute atomic E-state index is 14.5. The van der Waals surface area contributed by atoms with Crippen LogP contribution >= 0.6 is 11.6 Å². The number of aryl methyl sites for hydroxylation is 1. The van der Waals surface area contributed by atoms with Crippen molar-refractivity contribution in [2.75, 3.05) is 0 Å². The van der Waals surface area contributed by atoms with Gasteiger partial charge in [-0.2, -0.15) is 0 Å². The second-order valence-electron chi connectivity index (χ2n) is 7.12. The lowest BCUT2D eigenvalue weighted by Gasteiger charge is -2.11. The smallest absolute Gasteiger partial charge is 0.132 e. The molecule has 136 valence electrons. The van der Waals surface area contributed by atoms with Gasteiger partial charge in [0.1, 0.15) is 12.1 Å². The van der Waals surface area contributed by atoms with Gasteiger partial charge in [0, 0.05) is 11.3 Å². The summed E-state index contributed by atoms with van der Waals surface area (Å²) >= 11 is 6.39. The molecule has 1 aromatic heterocycles. The van der Waals surface area contributed by atoms with Crippen LogP contribution in [0.5, 0.6) is 0 Å². The summed E-state index contributed by atoms with van der Waals surface area (Å²) in [7, 11) is 0. The van der Waals surface area contributed by atoms with Crippen molar-refractivity contribution in [2.45, 2.75) is 26.7 Å². The van der Waals surface area contributed by atoms with E-state index in [1.165, 1.54) is 11.6 Å². The van der Waals surface area contributed by atoms with Gasteiger partial charge in [-0.1, -0.05) is 49.7 Å². The van der Waals surface area contributed by atoms with Crippen molar-refractivity contribution < 1.29 is 4.39 Å². The summed E-state index contributed by atoms with van der Waals surface area (Å²) in [6, 6.07) is 17.2.